The number of aromatic amines is 1. The number of hydrogen-bond donors (Lipinski definition) is 4. The molecule has 2 aliphatic rings. The van der Waals surface area contributed by atoms with Crippen molar-refractivity contribution in [3.63, 3.8) is 0 Å². The Morgan fingerprint density at radius 3 is 2.93 bits per heavy atom. The van der Waals surface area contributed by atoms with Crippen LogP contribution in [0.2, 0.25) is 0 Å². The van der Waals surface area contributed by atoms with E-state index >= 15 is 0 Å². The van der Waals surface area contributed by atoms with Gasteiger partial charge in [-0.1, -0.05) is 6.42 Å². The van der Waals surface area contributed by atoms with Crippen molar-refractivity contribution in [3.8, 4) is 11.6 Å². The zero-order valence-electron chi connectivity index (χ0n) is 16.1. The van der Waals surface area contributed by atoms with Gasteiger partial charge in [0.2, 0.25) is 11.7 Å². The highest BCUT2D eigenvalue weighted by Crippen LogP contribution is 2.26. The molecule has 2 fully saturated rings. The first kappa shape index (κ1) is 18.5. The van der Waals surface area contributed by atoms with Gasteiger partial charge in [-0.05, 0) is 44.2 Å². The van der Waals surface area contributed by atoms with Crippen LogP contribution in [0, 0.1) is 5.92 Å². The Kier molecular flexibility index (Phi) is 5.59. The molecule has 2 aromatic rings. The number of nitrogens with zero attached hydrogens (tertiary/aromatic N) is 3. The first-order valence-corrected chi connectivity index (χ1v) is 9.94. The molecule has 1 amide bonds. The van der Waals surface area contributed by atoms with E-state index in [4.69, 9.17) is 4.42 Å². The average Bonchev–Trinajstić information content (AvgIpc) is 3.18. The van der Waals surface area contributed by atoms with Crippen LogP contribution in [0.3, 0.4) is 0 Å². The van der Waals surface area contributed by atoms with Gasteiger partial charge < -0.3 is 20.4 Å². The van der Waals surface area contributed by atoms with Crippen molar-refractivity contribution in [1.82, 2.24) is 31.1 Å². The first-order valence-electron chi connectivity index (χ1n) is 9.94. The number of rotatable bonds is 6. The van der Waals surface area contributed by atoms with Crippen LogP contribution in [0.15, 0.2) is 27.8 Å². The topological polar surface area (TPSA) is 120 Å². The number of H-pyrrole nitrogens is 1. The molecule has 2 unspecified atom stereocenters. The lowest BCUT2D eigenvalue weighted by molar-refractivity contribution is -0.126. The Morgan fingerprint density at radius 1 is 1.29 bits per heavy atom. The second-order valence-electron chi connectivity index (χ2n) is 7.50. The summed E-state index contributed by atoms with van der Waals surface area (Å²) in [5.41, 5.74) is 0. The largest absolute Gasteiger partial charge is 0.461 e. The molecular formula is C19H27N7O2. The summed E-state index contributed by atoms with van der Waals surface area (Å²) in [6, 6.07) is 4.28. The predicted octanol–water partition coefficient (Wildman–Crippen LogP) is 1.57. The quantitative estimate of drug-likeness (QED) is 0.442. The van der Waals surface area contributed by atoms with E-state index in [1.165, 1.54) is 0 Å². The van der Waals surface area contributed by atoms with E-state index in [0.717, 1.165) is 38.5 Å². The summed E-state index contributed by atoms with van der Waals surface area (Å²) in [6.45, 7) is 0.464. The monoisotopic (exact) mass is 385 g/mol. The van der Waals surface area contributed by atoms with E-state index in [2.05, 4.69) is 36.1 Å². The number of carbonyl (C=O) groups excluding carboxylic acids is 1. The van der Waals surface area contributed by atoms with Crippen molar-refractivity contribution in [1.29, 1.82) is 0 Å². The predicted molar refractivity (Wildman–Crippen MR) is 104 cm³/mol. The van der Waals surface area contributed by atoms with Crippen LogP contribution in [-0.2, 0) is 11.3 Å². The number of nitrogens with one attached hydrogen (secondary N) is 4. The minimum Gasteiger partial charge on any atom is -0.461 e. The normalized spacial score (nSPS) is 22.7. The van der Waals surface area contributed by atoms with Crippen molar-refractivity contribution >= 4 is 11.9 Å². The summed E-state index contributed by atoms with van der Waals surface area (Å²) < 4.78 is 5.30. The number of aliphatic imine (C=N–C) groups is 1. The Labute approximate surface area is 163 Å². The second-order valence-corrected chi connectivity index (χ2v) is 7.50. The fourth-order valence-corrected chi connectivity index (χ4v) is 3.55. The Balaban J connectivity index is 1.26. The number of carbonyl (C=O) groups is 1. The van der Waals surface area contributed by atoms with Gasteiger partial charge in [-0.15, -0.1) is 5.10 Å². The van der Waals surface area contributed by atoms with Crippen molar-refractivity contribution in [2.24, 2.45) is 10.9 Å². The highest BCUT2D eigenvalue weighted by Gasteiger charge is 2.31. The van der Waals surface area contributed by atoms with Crippen LogP contribution < -0.4 is 16.0 Å². The van der Waals surface area contributed by atoms with Crippen LogP contribution in [0.1, 0.15) is 44.3 Å². The molecule has 2 aromatic heterocycles. The zero-order valence-corrected chi connectivity index (χ0v) is 16.1. The van der Waals surface area contributed by atoms with Gasteiger partial charge in [0.05, 0.1) is 12.8 Å². The smallest absolute Gasteiger partial charge is 0.223 e. The molecule has 0 spiro atoms. The fraction of sp³-hybridized carbons (Fsp3) is 0.579. The molecule has 0 saturated heterocycles. The molecule has 0 aromatic carbocycles. The van der Waals surface area contributed by atoms with E-state index in [-0.39, 0.29) is 17.9 Å². The van der Waals surface area contributed by atoms with E-state index < -0.39 is 0 Å². The first-order chi connectivity index (χ1) is 13.7. The van der Waals surface area contributed by atoms with Gasteiger partial charge in [0.25, 0.3) is 0 Å². The molecule has 0 aliphatic heterocycles. The third-order valence-corrected chi connectivity index (χ3v) is 5.23. The van der Waals surface area contributed by atoms with Gasteiger partial charge in [0, 0.05) is 25.0 Å². The molecule has 2 atom stereocenters. The Bertz CT molecular complexity index is 810. The van der Waals surface area contributed by atoms with Gasteiger partial charge in [-0.25, -0.2) is 4.98 Å². The zero-order chi connectivity index (χ0) is 19.3. The van der Waals surface area contributed by atoms with E-state index in [0.29, 0.717) is 36.0 Å². The third-order valence-electron chi connectivity index (χ3n) is 5.23. The summed E-state index contributed by atoms with van der Waals surface area (Å²) in [5, 5.41) is 16.9. The maximum Gasteiger partial charge on any atom is 0.223 e. The molecule has 2 saturated carbocycles. The summed E-state index contributed by atoms with van der Waals surface area (Å²) in [5.74, 6) is 2.85. The van der Waals surface area contributed by atoms with E-state index in [9.17, 15) is 4.79 Å². The molecule has 4 N–H and O–H groups in total. The average molecular weight is 385 g/mol. The van der Waals surface area contributed by atoms with Gasteiger partial charge in [-0.2, -0.15) is 0 Å². The summed E-state index contributed by atoms with van der Waals surface area (Å²) >= 11 is 0. The van der Waals surface area contributed by atoms with E-state index in [1.54, 1.807) is 19.4 Å². The molecule has 2 heterocycles. The van der Waals surface area contributed by atoms with Crippen molar-refractivity contribution < 1.29 is 9.21 Å². The molecule has 4 rings (SSSR count). The second kappa shape index (κ2) is 8.45. The van der Waals surface area contributed by atoms with Crippen LogP contribution in [0.4, 0.5) is 0 Å². The summed E-state index contributed by atoms with van der Waals surface area (Å²) in [7, 11) is 1.74. The lowest BCUT2D eigenvalue weighted by Crippen LogP contribution is -2.47. The van der Waals surface area contributed by atoms with Gasteiger partial charge in [0.15, 0.2) is 11.7 Å². The highest BCUT2D eigenvalue weighted by atomic mass is 16.3. The fourth-order valence-electron chi connectivity index (χ4n) is 3.55. The molecule has 0 radical (unpaired) electrons. The standard InChI is InChI=1S/C19H27N7O2/c1-20-19(21-11-16-24-17(26-25-16)15-6-3-9-28-15)23-14-5-2-4-12(10-14)18(27)22-13-7-8-13/h3,6,9,12-14H,2,4-5,7-8,10-11H2,1H3,(H,22,27)(H2,20,21,23)(H,24,25,26). The number of amides is 1. The molecule has 150 valence electrons. The lowest BCUT2D eigenvalue weighted by Gasteiger charge is -2.30. The van der Waals surface area contributed by atoms with Crippen molar-refractivity contribution in [2.75, 3.05) is 7.05 Å². The van der Waals surface area contributed by atoms with Gasteiger partial charge in [0.1, 0.15) is 5.82 Å². The van der Waals surface area contributed by atoms with Crippen LogP contribution in [0.25, 0.3) is 11.6 Å². The minimum atomic E-state index is 0.0927. The number of guanidine groups is 1. The maximum atomic E-state index is 12.3. The molecule has 0 bridgehead atoms. The van der Waals surface area contributed by atoms with Gasteiger partial charge in [-0.3, -0.25) is 14.9 Å². The number of aromatic nitrogens is 3. The summed E-state index contributed by atoms with van der Waals surface area (Å²) in [4.78, 5) is 21.1. The van der Waals surface area contributed by atoms with Crippen LogP contribution >= 0.6 is 0 Å². The Hall–Kier alpha value is -2.84. The third kappa shape index (κ3) is 4.71. The molecule has 2 aliphatic carbocycles. The highest BCUT2D eigenvalue weighted by molar-refractivity contribution is 5.81. The lowest BCUT2D eigenvalue weighted by atomic mass is 9.85. The summed E-state index contributed by atoms with van der Waals surface area (Å²) in [6.07, 6.45) is 7.74. The number of furan rings is 1. The molecule has 9 heteroatoms. The molecular weight excluding hydrogens is 358 g/mol. The van der Waals surface area contributed by atoms with Crippen molar-refractivity contribution in [2.45, 2.75) is 57.2 Å². The maximum absolute atomic E-state index is 12.3. The van der Waals surface area contributed by atoms with Crippen LogP contribution in [0.5, 0.6) is 0 Å². The Morgan fingerprint density at radius 2 is 2.18 bits per heavy atom. The van der Waals surface area contributed by atoms with Gasteiger partial charge >= 0.3 is 0 Å². The SMILES string of the molecule is CN=C(NCc1nc(-c2ccco2)n[nH]1)NC1CCCC(C(=O)NC2CC2)C1. The number of hydrogen-bond acceptors (Lipinski definition) is 5. The van der Waals surface area contributed by atoms with E-state index in [1.807, 2.05) is 6.07 Å². The molecule has 28 heavy (non-hydrogen) atoms. The van der Waals surface area contributed by atoms with Crippen LogP contribution in [-0.4, -0.2) is 46.2 Å². The van der Waals surface area contributed by atoms with Crippen molar-refractivity contribution in [3.05, 3.63) is 24.2 Å². The minimum absolute atomic E-state index is 0.0927. The molecule has 9 nitrogen and oxygen atoms in total.